The molecule has 0 aliphatic rings. The van der Waals surface area contributed by atoms with Crippen molar-refractivity contribution in [2.45, 2.75) is 38.7 Å². The lowest BCUT2D eigenvalue weighted by molar-refractivity contribution is -0.126. The molecule has 2 aromatic rings. The van der Waals surface area contributed by atoms with Gasteiger partial charge in [0, 0.05) is 18.1 Å². The normalized spacial score (nSPS) is 11.6. The van der Waals surface area contributed by atoms with Crippen LogP contribution in [0.3, 0.4) is 0 Å². The molecule has 7 nitrogen and oxygen atoms in total. The summed E-state index contributed by atoms with van der Waals surface area (Å²) in [6.45, 7) is 3.96. The molecule has 2 N–H and O–H groups in total. The number of carbonyl (C=O) groups is 3. The molecule has 0 aliphatic carbocycles. The predicted octanol–water partition coefficient (Wildman–Crippen LogP) is 3.34. The number of pyridine rings is 1. The van der Waals surface area contributed by atoms with Crippen LogP contribution in [0.25, 0.3) is 0 Å². The Morgan fingerprint density at radius 1 is 1.06 bits per heavy atom. The molecule has 0 spiro atoms. The van der Waals surface area contributed by atoms with Crippen LogP contribution in [0, 0.1) is 5.92 Å². The van der Waals surface area contributed by atoms with Gasteiger partial charge in [0.05, 0.1) is 12.3 Å². The van der Waals surface area contributed by atoms with E-state index in [0.29, 0.717) is 12.2 Å². The third-order valence-corrected chi connectivity index (χ3v) is 5.31. The summed E-state index contributed by atoms with van der Waals surface area (Å²) in [5.74, 6) is 0.665. The highest BCUT2D eigenvalue weighted by molar-refractivity contribution is 7.99. The molecule has 31 heavy (non-hydrogen) atoms. The van der Waals surface area contributed by atoms with Gasteiger partial charge in [0.2, 0.25) is 5.91 Å². The van der Waals surface area contributed by atoms with Crippen LogP contribution < -0.4 is 10.6 Å². The Morgan fingerprint density at radius 3 is 2.48 bits per heavy atom. The number of aromatic nitrogens is 1. The van der Waals surface area contributed by atoms with Crippen molar-refractivity contribution in [3.05, 3.63) is 66.0 Å². The summed E-state index contributed by atoms with van der Waals surface area (Å²) in [6, 6.07) is 12.3. The number of carbonyl (C=O) groups excluding carboxylic acids is 3. The fourth-order valence-corrected chi connectivity index (χ4v) is 3.57. The molecule has 166 valence electrons. The summed E-state index contributed by atoms with van der Waals surface area (Å²) in [5.41, 5.74) is 1.90. The maximum absolute atomic E-state index is 12.5. The van der Waals surface area contributed by atoms with Crippen LogP contribution in [0.1, 0.15) is 31.4 Å². The monoisotopic (exact) mass is 443 g/mol. The Kier molecular flexibility index (Phi) is 10.6. The van der Waals surface area contributed by atoms with Crippen LogP contribution >= 0.6 is 11.8 Å². The number of rotatable bonds is 12. The van der Waals surface area contributed by atoms with Crippen molar-refractivity contribution in [2.75, 3.05) is 12.3 Å². The molecule has 0 radical (unpaired) electrons. The molecular formula is C23H29N3O4S. The number of nitrogens with one attached hydrogen (secondary N) is 2. The second kappa shape index (κ2) is 13.4. The lowest BCUT2D eigenvalue weighted by atomic mass is 10.0. The molecule has 2 rings (SSSR count). The van der Waals surface area contributed by atoms with E-state index in [1.54, 1.807) is 12.4 Å². The molecule has 8 heteroatoms. The van der Waals surface area contributed by atoms with E-state index in [0.717, 1.165) is 11.1 Å². The van der Waals surface area contributed by atoms with Gasteiger partial charge in [0.1, 0.15) is 12.6 Å². The van der Waals surface area contributed by atoms with Gasteiger partial charge in [-0.05, 0) is 29.5 Å². The van der Waals surface area contributed by atoms with E-state index in [1.165, 1.54) is 11.8 Å². The lowest BCUT2D eigenvalue weighted by Crippen LogP contribution is -2.48. The fourth-order valence-electron chi connectivity index (χ4n) is 2.74. The molecule has 1 aromatic heterocycles. The van der Waals surface area contributed by atoms with Crippen molar-refractivity contribution in [1.29, 1.82) is 0 Å². The van der Waals surface area contributed by atoms with Crippen molar-refractivity contribution >= 4 is 29.5 Å². The number of ether oxygens (including phenoxy) is 1. The molecular weight excluding hydrogens is 414 g/mol. The Balaban J connectivity index is 1.74. The second-order valence-corrected chi connectivity index (χ2v) is 8.48. The number of hydrogen-bond acceptors (Lipinski definition) is 6. The summed E-state index contributed by atoms with van der Waals surface area (Å²) < 4.78 is 5.21. The first-order valence-electron chi connectivity index (χ1n) is 10.2. The summed E-state index contributed by atoms with van der Waals surface area (Å²) in [7, 11) is 0. The smallest absolute Gasteiger partial charge is 0.408 e. The highest BCUT2D eigenvalue weighted by Gasteiger charge is 2.23. The zero-order chi connectivity index (χ0) is 22.5. The number of benzene rings is 1. The Hall–Kier alpha value is -2.87. The summed E-state index contributed by atoms with van der Waals surface area (Å²) in [4.78, 5) is 40.8. The molecule has 1 aromatic carbocycles. The minimum absolute atomic E-state index is 0.0752. The van der Waals surface area contributed by atoms with E-state index in [-0.39, 0.29) is 30.6 Å². The number of ketones is 1. The standard InChI is InChI=1S/C23H29N3O4S/c1-17(2)11-21(26-23(29)30-14-18-7-4-3-5-8-18)22(28)25-13-20(27)16-31-15-19-9-6-10-24-12-19/h3-10,12,17,21H,11,13-16H2,1-2H3,(H,25,28)(H,26,29). The van der Waals surface area contributed by atoms with E-state index in [1.807, 2.05) is 56.3 Å². The third-order valence-electron chi connectivity index (χ3n) is 4.24. The van der Waals surface area contributed by atoms with E-state index in [9.17, 15) is 14.4 Å². The van der Waals surface area contributed by atoms with Crippen molar-refractivity contribution in [1.82, 2.24) is 15.6 Å². The first-order chi connectivity index (χ1) is 14.9. The molecule has 0 bridgehead atoms. The van der Waals surface area contributed by atoms with Crippen LogP contribution in [0.2, 0.25) is 0 Å². The molecule has 0 saturated heterocycles. The van der Waals surface area contributed by atoms with Crippen LogP contribution in [-0.2, 0) is 26.7 Å². The zero-order valence-corrected chi connectivity index (χ0v) is 18.7. The van der Waals surface area contributed by atoms with Crippen molar-refractivity contribution in [3.63, 3.8) is 0 Å². The third kappa shape index (κ3) is 10.1. The van der Waals surface area contributed by atoms with Crippen molar-refractivity contribution < 1.29 is 19.1 Å². The van der Waals surface area contributed by atoms with Gasteiger partial charge in [-0.25, -0.2) is 4.79 Å². The molecule has 0 aliphatic heterocycles. The highest BCUT2D eigenvalue weighted by atomic mass is 32.2. The Morgan fingerprint density at radius 2 is 1.81 bits per heavy atom. The molecule has 1 unspecified atom stereocenters. The van der Waals surface area contributed by atoms with Gasteiger partial charge in [-0.3, -0.25) is 14.6 Å². The minimum atomic E-state index is -0.765. The van der Waals surface area contributed by atoms with Gasteiger partial charge < -0.3 is 15.4 Å². The molecule has 2 amide bonds. The van der Waals surface area contributed by atoms with E-state index < -0.39 is 18.0 Å². The fraction of sp³-hybridized carbons (Fsp3) is 0.391. The molecule has 1 atom stereocenters. The molecule has 1 heterocycles. The Labute approximate surface area is 187 Å². The average molecular weight is 444 g/mol. The number of nitrogens with zero attached hydrogens (tertiary/aromatic N) is 1. The summed E-state index contributed by atoms with van der Waals surface area (Å²) in [5, 5.41) is 5.24. The van der Waals surface area contributed by atoms with Crippen LogP contribution in [0.5, 0.6) is 0 Å². The predicted molar refractivity (Wildman–Crippen MR) is 121 cm³/mol. The van der Waals surface area contributed by atoms with E-state index in [2.05, 4.69) is 15.6 Å². The molecule has 0 fully saturated rings. The van der Waals surface area contributed by atoms with Crippen molar-refractivity contribution in [2.24, 2.45) is 5.92 Å². The quantitative estimate of drug-likeness (QED) is 0.522. The summed E-state index contributed by atoms with van der Waals surface area (Å²) in [6.07, 6.45) is 3.24. The SMILES string of the molecule is CC(C)CC(NC(=O)OCc1ccccc1)C(=O)NCC(=O)CSCc1cccnc1. The largest absolute Gasteiger partial charge is 0.445 e. The van der Waals surface area contributed by atoms with Crippen LogP contribution in [0.4, 0.5) is 4.79 Å². The van der Waals surface area contributed by atoms with Crippen molar-refractivity contribution in [3.8, 4) is 0 Å². The number of thioether (sulfide) groups is 1. The number of alkyl carbamates (subject to hydrolysis) is 1. The Bertz CT molecular complexity index is 831. The average Bonchev–Trinajstić information content (AvgIpc) is 2.77. The first kappa shape index (κ1) is 24.4. The highest BCUT2D eigenvalue weighted by Crippen LogP contribution is 2.11. The minimum Gasteiger partial charge on any atom is -0.445 e. The lowest BCUT2D eigenvalue weighted by Gasteiger charge is -2.20. The first-order valence-corrected chi connectivity index (χ1v) is 11.3. The number of amides is 2. The van der Waals surface area contributed by atoms with Gasteiger partial charge in [0.25, 0.3) is 0 Å². The number of hydrogen-bond donors (Lipinski definition) is 2. The second-order valence-electron chi connectivity index (χ2n) is 7.50. The molecule has 0 saturated carbocycles. The van der Waals surface area contributed by atoms with E-state index >= 15 is 0 Å². The van der Waals surface area contributed by atoms with Crippen LogP contribution in [0.15, 0.2) is 54.9 Å². The summed E-state index contributed by atoms with van der Waals surface area (Å²) >= 11 is 1.47. The van der Waals surface area contributed by atoms with Gasteiger partial charge in [-0.1, -0.05) is 50.2 Å². The maximum atomic E-state index is 12.5. The topological polar surface area (TPSA) is 97.4 Å². The van der Waals surface area contributed by atoms with Gasteiger partial charge >= 0.3 is 6.09 Å². The van der Waals surface area contributed by atoms with Gasteiger partial charge in [-0.15, -0.1) is 11.8 Å². The van der Waals surface area contributed by atoms with Gasteiger partial charge in [0.15, 0.2) is 5.78 Å². The number of Topliss-reactive ketones (excluding diaryl/α,β-unsaturated/α-hetero) is 1. The van der Waals surface area contributed by atoms with Gasteiger partial charge in [-0.2, -0.15) is 0 Å². The zero-order valence-electron chi connectivity index (χ0n) is 17.9. The maximum Gasteiger partial charge on any atom is 0.408 e. The van der Waals surface area contributed by atoms with E-state index in [4.69, 9.17) is 4.74 Å². The van der Waals surface area contributed by atoms with Crippen LogP contribution in [-0.4, -0.2) is 41.1 Å².